The van der Waals surface area contributed by atoms with Gasteiger partial charge >= 0.3 is 0 Å². The van der Waals surface area contributed by atoms with E-state index in [2.05, 4.69) is 45.6 Å². The minimum absolute atomic E-state index is 0.222. The summed E-state index contributed by atoms with van der Waals surface area (Å²) in [6.45, 7) is 10.2. The number of hydrogen-bond acceptors (Lipinski definition) is 5. The molecule has 2 aromatic rings. The Labute approximate surface area is 162 Å². The van der Waals surface area contributed by atoms with Gasteiger partial charge in [-0.05, 0) is 38.0 Å². The molecule has 0 unspecified atom stereocenters. The summed E-state index contributed by atoms with van der Waals surface area (Å²) in [4.78, 5) is 4.98. The number of piperazine rings is 1. The highest BCUT2D eigenvalue weighted by Crippen LogP contribution is 2.21. The van der Waals surface area contributed by atoms with Crippen molar-refractivity contribution in [1.29, 1.82) is 0 Å². The summed E-state index contributed by atoms with van der Waals surface area (Å²) in [5.41, 5.74) is 3.82. The van der Waals surface area contributed by atoms with E-state index in [1.165, 1.54) is 16.8 Å². The molecule has 0 bridgehead atoms. The molecular weight excluding hydrogens is 340 g/mol. The number of benzene rings is 1. The van der Waals surface area contributed by atoms with Crippen LogP contribution in [0.4, 0.5) is 0 Å². The van der Waals surface area contributed by atoms with Crippen molar-refractivity contribution in [3.05, 3.63) is 47.3 Å². The molecule has 148 valence electrons. The third-order valence-corrected chi connectivity index (χ3v) is 5.57. The van der Waals surface area contributed by atoms with Crippen LogP contribution in [0.25, 0.3) is 0 Å². The third kappa shape index (κ3) is 4.89. The summed E-state index contributed by atoms with van der Waals surface area (Å²) in [5, 5.41) is 14.0. The molecule has 1 aromatic carbocycles. The zero-order valence-corrected chi connectivity index (χ0v) is 16.8. The van der Waals surface area contributed by atoms with Crippen LogP contribution in [-0.4, -0.2) is 64.1 Å². The molecule has 0 amide bonds. The number of rotatable bonds is 8. The molecular formula is C21H32N4O2. The van der Waals surface area contributed by atoms with Crippen molar-refractivity contribution in [3.63, 3.8) is 0 Å². The second-order valence-corrected chi connectivity index (χ2v) is 7.29. The zero-order chi connectivity index (χ0) is 19.2. The lowest BCUT2D eigenvalue weighted by Crippen LogP contribution is -2.52. The Morgan fingerprint density at radius 3 is 2.81 bits per heavy atom. The van der Waals surface area contributed by atoms with Crippen LogP contribution in [0.2, 0.25) is 0 Å². The van der Waals surface area contributed by atoms with Crippen molar-refractivity contribution in [2.24, 2.45) is 0 Å². The van der Waals surface area contributed by atoms with E-state index in [4.69, 9.17) is 4.74 Å². The molecule has 6 nitrogen and oxygen atoms in total. The molecule has 27 heavy (non-hydrogen) atoms. The molecule has 1 atom stereocenters. The summed E-state index contributed by atoms with van der Waals surface area (Å²) < 4.78 is 7.40. The van der Waals surface area contributed by atoms with Gasteiger partial charge in [-0.2, -0.15) is 5.10 Å². The number of aliphatic hydroxyl groups excluding tert-OH is 1. The van der Waals surface area contributed by atoms with Gasteiger partial charge in [-0.1, -0.05) is 12.1 Å². The number of methoxy groups -OCH3 is 1. The largest absolute Gasteiger partial charge is 0.497 e. The monoisotopic (exact) mass is 372 g/mol. The fourth-order valence-corrected chi connectivity index (χ4v) is 3.94. The average Bonchev–Trinajstić information content (AvgIpc) is 3.04. The summed E-state index contributed by atoms with van der Waals surface area (Å²) in [6.07, 6.45) is 2.80. The number of aromatic nitrogens is 2. The number of hydrogen-bond donors (Lipinski definition) is 1. The second kappa shape index (κ2) is 9.35. The van der Waals surface area contributed by atoms with E-state index in [1.807, 2.05) is 18.3 Å². The van der Waals surface area contributed by atoms with E-state index in [0.29, 0.717) is 6.04 Å². The number of nitrogens with zero attached hydrogens (tertiary/aromatic N) is 4. The lowest BCUT2D eigenvalue weighted by Gasteiger charge is -2.41. The van der Waals surface area contributed by atoms with Gasteiger partial charge in [-0.25, -0.2) is 0 Å². The van der Waals surface area contributed by atoms with Crippen LogP contribution in [0.1, 0.15) is 30.2 Å². The Bertz CT molecular complexity index is 731. The average molecular weight is 373 g/mol. The van der Waals surface area contributed by atoms with Crippen molar-refractivity contribution < 1.29 is 9.84 Å². The first-order valence-corrected chi connectivity index (χ1v) is 9.86. The van der Waals surface area contributed by atoms with Crippen LogP contribution >= 0.6 is 0 Å². The molecule has 1 N–H and O–H groups in total. The maximum atomic E-state index is 9.56. The molecule has 0 spiro atoms. The molecule has 1 aliphatic heterocycles. The van der Waals surface area contributed by atoms with E-state index < -0.39 is 0 Å². The topological polar surface area (TPSA) is 53.8 Å². The van der Waals surface area contributed by atoms with Crippen molar-refractivity contribution in [2.45, 2.75) is 45.9 Å². The molecule has 0 radical (unpaired) electrons. The molecule has 0 saturated carbocycles. The van der Waals surface area contributed by atoms with Gasteiger partial charge in [0.05, 0.1) is 13.3 Å². The Kier molecular flexibility index (Phi) is 6.88. The number of aryl methyl sites for hydroxylation is 1. The van der Waals surface area contributed by atoms with Gasteiger partial charge in [-0.15, -0.1) is 0 Å². The van der Waals surface area contributed by atoms with Gasteiger partial charge in [0.25, 0.3) is 0 Å². The summed E-state index contributed by atoms with van der Waals surface area (Å²) in [7, 11) is 1.70. The van der Waals surface area contributed by atoms with Gasteiger partial charge in [-0.3, -0.25) is 14.5 Å². The highest BCUT2D eigenvalue weighted by atomic mass is 16.5. The highest BCUT2D eigenvalue weighted by molar-refractivity contribution is 5.28. The van der Waals surface area contributed by atoms with E-state index in [0.717, 1.165) is 51.4 Å². The first-order valence-electron chi connectivity index (χ1n) is 9.86. The van der Waals surface area contributed by atoms with Gasteiger partial charge in [0.2, 0.25) is 0 Å². The van der Waals surface area contributed by atoms with Gasteiger partial charge in [0, 0.05) is 63.2 Å². The Balaban J connectivity index is 1.64. The fourth-order valence-electron chi connectivity index (χ4n) is 3.94. The molecule has 2 heterocycles. The Morgan fingerprint density at radius 2 is 2.11 bits per heavy atom. The molecule has 6 heteroatoms. The van der Waals surface area contributed by atoms with Gasteiger partial charge < -0.3 is 9.84 Å². The minimum atomic E-state index is 0.222. The summed E-state index contributed by atoms with van der Waals surface area (Å²) in [5.74, 6) is 0.897. The van der Waals surface area contributed by atoms with Gasteiger partial charge in [0.15, 0.2) is 0 Å². The van der Waals surface area contributed by atoms with Crippen LogP contribution in [0.5, 0.6) is 5.75 Å². The first-order chi connectivity index (χ1) is 13.1. The predicted octanol–water partition coefficient (Wildman–Crippen LogP) is 2.29. The van der Waals surface area contributed by atoms with E-state index >= 15 is 0 Å². The first kappa shape index (κ1) is 19.9. The number of ether oxygens (including phenoxy) is 1. The van der Waals surface area contributed by atoms with Crippen LogP contribution in [0, 0.1) is 6.92 Å². The van der Waals surface area contributed by atoms with E-state index in [-0.39, 0.29) is 6.61 Å². The second-order valence-electron chi connectivity index (χ2n) is 7.29. The lowest BCUT2D eigenvalue weighted by molar-refractivity contribution is 0.0498. The smallest absolute Gasteiger partial charge is 0.119 e. The Morgan fingerprint density at radius 1 is 1.26 bits per heavy atom. The van der Waals surface area contributed by atoms with Crippen molar-refractivity contribution in [3.8, 4) is 5.75 Å². The lowest BCUT2D eigenvalue weighted by atomic mass is 10.1. The standard InChI is InChI=1S/C21H32N4O2/c1-4-25-17(2)19(13-22-25)15-23-9-10-24(20(16-23)8-11-26)14-18-6-5-7-21(12-18)27-3/h5-7,12-13,20,26H,4,8-11,14-16H2,1-3H3/t20-/m0/s1. The minimum Gasteiger partial charge on any atom is -0.497 e. The van der Waals surface area contributed by atoms with Gasteiger partial charge in [0.1, 0.15) is 5.75 Å². The van der Waals surface area contributed by atoms with Crippen LogP contribution in [-0.2, 0) is 19.6 Å². The van der Waals surface area contributed by atoms with E-state index in [1.54, 1.807) is 7.11 Å². The quantitative estimate of drug-likeness (QED) is 0.771. The third-order valence-electron chi connectivity index (χ3n) is 5.57. The van der Waals surface area contributed by atoms with Crippen molar-refractivity contribution in [2.75, 3.05) is 33.4 Å². The summed E-state index contributed by atoms with van der Waals surface area (Å²) in [6, 6.07) is 8.63. The fraction of sp³-hybridized carbons (Fsp3) is 0.571. The van der Waals surface area contributed by atoms with Crippen LogP contribution in [0.15, 0.2) is 30.5 Å². The molecule has 1 saturated heterocycles. The van der Waals surface area contributed by atoms with Crippen LogP contribution < -0.4 is 4.74 Å². The van der Waals surface area contributed by atoms with Crippen LogP contribution in [0.3, 0.4) is 0 Å². The number of aliphatic hydroxyl groups is 1. The normalized spacial score (nSPS) is 18.7. The molecule has 1 fully saturated rings. The summed E-state index contributed by atoms with van der Waals surface area (Å²) >= 11 is 0. The SMILES string of the molecule is CCn1ncc(CN2CCN(Cc3cccc(OC)c3)[C@@H](CCO)C2)c1C. The molecule has 1 aromatic heterocycles. The van der Waals surface area contributed by atoms with Crippen molar-refractivity contribution in [1.82, 2.24) is 19.6 Å². The van der Waals surface area contributed by atoms with Crippen molar-refractivity contribution >= 4 is 0 Å². The maximum Gasteiger partial charge on any atom is 0.119 e. The molecule has 0 aliphatic carbocycles. The Hall–Kier alpha value is -1.89. The highest BCUT2D eigenvalue weighted by Gasteiger charge is 2.27. The molecule has 1 aliphatic rings. The molecule has 3 rings (SSSR count). The zero-order valence-electron chi connectivity index (χ0n) is 16.8. The van der Waals surface area contributed by atoms with E-state index in [9.17, 15) is 5.11 Å². The maximum absolute atomic E-state index is 9.56. The predicted molar refractivity (Wildman–Crippen MR) is 107 cm³/mol.